The molecule has 7 heteroatoms. The van der Waals surface area contributed by atoms with E-state index < -0.39 is 0 Å². The molecule has 0 amide bonds. The van der Waals surface area contributed by atoms with Gasteiger partial charge in [0.1, 0.15) is 0 Å². The van der Waals surface area contributed by atoms with E-state index in [1.807, 2.05) is 18.2 Å². The van der Waals surface area contributed by atoms with Crippen LogP contribution in [0.4, 0.5) is 5.69 Å². The van der Waals surface area contributed by atoms with Gasteiger partial charge in [-0.25, -0.2) is 4.68 Å². The molecule has 1 unspecified atom stereocenters. The summed E-state index contributed by atoms with van der Waals surface area (Å²) in [5.41, 5.74) is 6.34. The average molecular weight is 448 g/mol. The fourth-order valence-corrected chi connectivity index (χ4v) is 4.20. The first-order valence-electron chi connectivity index (χ1n) is 10.5. The number of anilines is 1. The Morgan fingerprint density at radius 3 is 2.40 bits per heavy atom. The van der Waals surface area contributed by atoms with Crippen LogP contribution in [0.5, 0.6) is 0 Å². The molecule has 1 atom stereocenters. The zero-order valence-corrected chi connectivity index (χ0v) is 22.5. The molecule has 5 nitrogen and oxygen atoms in total. The Labute approximate surface area is 228 Å². The van der Waals surface area contributed by atoms with Gasteiger partial charge in [0.15, 0.2) is 0 Å². The number of hydrogen-bond donors (Lipinski definition) is 1. The summed E-state index contributed by atoms with van der Waals surface area (Å²) in [6.45, 7) is 7.71. The van der Waals surface area contributed by atoms with E-state index in [0.717, 1.165) is 24.3 Å². The van der Waals surface area contributed by atoms with Crippen molar-refractivity contribution >= 4 is 18.3 Å². The maximum Gasteiger partial charge on any atom is 1.00 e. The second-order valence-electron chi connectivity index (χ2n) is 7.64. The molecule has 0 saturated heterocycles. The second-order valence-corrected chi connectivity index (χ2v) is 8.00. The van der Waals surface area contributed by atoms with E-state index in [2.05, 4.69) is 65.9 Å². The van der Waals surface area contributed by atoms with Gasteiger partial charge in [0.2, 0.25) is 0 Å². The van der Waals surface area contributed by atoms with Crippen molar-refractivity contribution < 1.29 is 51.4 Å². The van der Waals surface area contributed by atoms with Crippen LogP contribution in [0.3, 0.4) is 0 Å². The third kappa shape index (κ3) is 6.83. The van der Waals surface area contributed by atoms with Gasteiger partial charge in [0.05, 0.1) is 5.69 Å². The van der Waals surface area contributed by atoms with Gasteiger partial charge in [0.25, 0.3) is 0 Å². The molecule has 3 aromatic rings. The number of nitrogens with zero attached hydrogens (tertiary/aromatic N) is 4. The van der Waals surface area contributed by atoms with Crippen LogP contribution in [0.2, 0.25) is 0 Å². The summed E-state index contributed by atoms with van der Waals surface area (Å²) in [7, 11) is 0. The van der Waals surface area contributed by atoms with E-state index >= 15 is 0 Å². The first-order chi connectivity index (χ1) is 14.1. The van der Waals surface area contributed by atoms with Crippen molar-refractivity contribution in [3.05, 3.63) is 59.2 Å². The number of unbranched alkanes of at least 4 members (excludes halogenated alkanes) is 1. The largest absolute Gasteiger partial charge is 1.00 e. The van der Waals surface area contributed by atoms with Gasteiger partial charge in [-0.2, -0.15) is 0 Å². The van der Waals surface area contributed by atoms with Crippen molar-refractivity contribution in [3.63, 3.8) is 0 Å². The minimum atomic E-state index is 0. The van der Waals surface area contributed by atoms with Crippen molar-refractivity contribution in [2.24, 2.45) is 0 Å². The summed E-state index contributed by atoms with van der Waals surface area (Å²) in [6, 6.07) is 14.7. The van der Waals surface area contributed by atoms with Gasteiger partial charge in [-0.3, -0.25) is 0 Å². The molecular weight excluding hydrogens is 417 g/mol. The van der Waals surface area contributed by atoms with Gasteiger partial charge in [-0.1, -0.05) is 44.0 Å². The van der Waals surface area contributed by atoms with E-state index in [1.54, 1.807) is 10.2 Å². The Kier molecular flexibility index (Phi) is 10.9. The molecule has 3 rings (SSSR count). The molecule has 0 aliphatic rings. The van der Waals surface area contributed by atoms with Gasteiger partial charge in [-0.05, 0) is 84.3 Å². The van der Waals surface area contributed by atoms with Crippen molar-refractivity contribution in [1.29, 1.82) is 0 Å². The maximum atomic E-state index is 5.15. The summed E-state index contributed by atoms with van der Waals surface area (Å²) >= 11 is 5.15. The third-order valence-electron chi connectivity index (χ3n) is 5.45. The van der Waals surface area contributed by atoms with E-state index in [-0.39, 0.29) is 51.4 Å². The normalized spacial score (nSPS) is 11.7. The number of nitrogens with one attached hydrogen (secondary N) is 1. The molecule has 1 aromatic heterocycles. The van der Waals surface area contributed by atoms with Crippen molar-refractivity contribution in [3.8, 4) is 5.69 Å². The topological polar surface area (TPSA) is 55.6 Å². The molecule has 0 radical (unpaired) electrons. The van der Waals surface area contributed by atoms with Crippen LogP contribution in [-0.4, -0.2) is 26.8 Å². The molecule has 1 N–H and O–H groups in total. The summed E-state index contributed by atoms with van der Waals surface area (Å²) in [5.74, 6) is 0.633. The quantitative estimate of drug-likeness (QED) is 0.294. The third-order valence-corrected chi connectivity index (χ3v) is 5.70. The summed E-state index contributed by atoms with van der Waals surface area (Å²) in [4.78, 5) is 0. The number of benzene rings is 2. The molecule has 2 aromatic carbocycles. The van der Waals surface area contributed by atoms with Crippen LogP contribution in [0, 0.1) is 13.8 Å². The van der Waals surface area contributed by atoms with Crippen LogP contribution in [-0.2, 0) is 12.6 Å². The zero-order valence-electron chi connectivity index (χ0n) is 18.6. The Balaban J connectivity index is 0.00000320. The van der Waals surface area contributed by atoms with Gasteiger partial charge in [-0.15, -0.1) is 5.10 Å². The SMILES string of the molecule is CCCCC(CCCNc1cccc(-n2nnnc2[S-])c1)c1c(C)cccc1C.[K+]. The Bertz CT molecular complexity index is 907. The van der Waals surface area contributed by atoms with Crippen LogP contribution >= 0.6 is 0 Å². The Morgan fingerprint density at radius 2 is 1.73 bits per heavy atom. The first kappa shape index (κ1) is 25.4. The van der Waals surface area contributed by atoms with Crippen LogP contribution < -0.4 is 56.7 Å². The molecule has 0 fully saturated rings. The fourth-order valence-electron chi connectivity index (χ4n) is 4.02. The number of aromatic nitrogens is 4. The molecule has 1 heterocycles. The van der Waals surface area contributed by atoms with Crippen molar-refractivity contribution in [1.82, 2.24) is 20.2 Å². The van der Waals surface area contributed by atoms with Gasteiger partial charge >= 0.3 is 51.4 Å². The molecule has 0 aliphatic heterocycles. The minimum absolute atomic E-state index is 0. The summed E-state index contributed by atoms with van der Waals surface area (Å²) in [6.07, 6.45) is 6.11. The van der Waals surface area contributed by atoms with Crippen LogP contribution in [0.1, 0.15) is 61.6 Å². The predicted molar refractivity (Wildman–Crippen MR) is 121 cm³/mol. The second kappa shape index (κ2) is 12.9. The first-order valence-corrected chi connectivity index (χ1v) is 10.9. The van der Waals surface area contributed by atoms with Crippen LogP contribution in [0.25, 0.3) is 5.69 Å². The summed E-state index contributed by atoms with van der Waals surface area (Å²) in [5, 5.41) is 15.3. The number of hydrogen-bond acceptors (Lipinski definition) is 5. The summed E-state index contributed by atoms with van der Waals surface area (Å²) < 4.78 is 1.57. The van der Waals surface area contributed by atoms with E-state index in [1.165, 1.54) is 36.8 Å². The zero-order chi connectivity index (χ0) is 20.6. The molecule has 0 bridgehead atoms. The molecule has 30 heavy (non-hydrogen) atoms. The van der Waals surface area contributed by atoms with Crippen molar-refractivity contribution in [2.75, 3.05) is 11.9 Å². The monoisotopic (exact) mass is 447 g/mol. The predicted octanol–water partition coefficient (Wildman–Crippen LogP) is 2.36. The van der Waals surface area contributed by atoms with E-state index in [0.29, 0.717) is 11.1 Å². The molecule has 154 valence electrons. The molecule has 0 spiro atoms. The number of tetrazole rings is 1. The smallest absolute Gasteiger partial charge is 0.738 e. The Morgan fingerprint density at radius 1 is 1.03 bits per heavy atom. The maximum absolute atomic E-state index is 5.15. The number of aryl methyl sites for hydroxylation is 2. The average Bonchev–Trinajstić information content (AvgIpc) is 3.14. The standard InChI is InChI=1S/C23H31N5S.K/c1-4-5-11-19(22-17(2)9-6-10-18(22)3)12-8-15-24-20-13-7-14-21(16-20)28-23(29)25-26-27-28;/h6-7,9-10,13-14,16,19,24H,4-5,8,11-12,15H2,1-3H3,(H,25,27,29);/q;+1/p-1. The number of rotatable bonds is 10. The van der Waals surface area contributed by atoms with E-state index in [4.69, 9.17) is 12.6 Å². The Hall–Kier alpha value is -0.834. The van der Waals surface area contributed by atoms with Gasteiger partial charge in [0, 0.05) is 17.4 Å². The molecular formula is C23H30KN5S. The van der Waals surface area contributed by atoms with E-state index in [9.17, 15) is 0 Å². The molecule has 0 aliphatic carbocycles. The minimum Gasteiger partial charge on any atom is -0.738 e. The van der Waals surface area contributed by atoms with Crippen molar-refractivity contribution in [2.45, 2.75) is 63.9 Å². The van der Waals surface area contributed by atoms with Gasteiger partial charge < -0.3 is 17.9 Å². The van der Waals surface area contributed by atoms with Crippen LogP contribution in [0.15, 0.2) is 47.6 Å². The molecule has 0 saturated carbocycles. The fraction of sp³-hybridized carbons (Fsp3) is 0.435.